The van der Waals surface area contributed by atoms with Gasteiger partial charge in [0.25, 0.3) is 0 Å². The van der Waals surface area contributed by atoms with E-state index in [1.54, 1.807) is 18.2 Å². The number of nitro groups is 2. The van der Waals surface area contributed by atoms with Crippen molar-refractivity contribution in [1.29, 1.82) is 0 Å². The SMILES string of the molecule is O=[N+]([O-])c1cc2nsnc2c(-c2cccc3nsnc23)c1[N+](=O)[O-]. The number of nitrogens with zero attached hydrogens (tertiary/aromatic N) is 6. The summed E-state index contributed by atoms with van der Waals surface area (Å²) < 4.78 is 16.3. The van der Waals surface area contributed by atoms with E-state index in [-0.39, 0.29) is 16.6 Å². The van der Waals surface area contributed by atoms with Crippen molar-refractivity contribution < 1.29 is 9.85 Å². The van der Waals surface area contributed by atoms with E-state index in [0.29, 0.717) is 16.6 Å². The first-order valence-electron chi connectivity index (χ1n) is 6.37. The second kappa shape index (κ2) is 5.21. The summed E-state index contributed by atoms with van der Waals surface area (Å²) in [6, 6.07) is 6.05. The van der Waals surface area contributed by atoms with Crippen molar-refractivity contribution in [3.63, 3.8) is 0 Å². The summed E-state index contributed by atoms with van der Waals surface area (Å²) in [7, 11) is 0. The number of nitro benzene ring substituents is 2. The van der Waals surface area contributed by atoms with Crippen molar-refractivity contribution in [1.82, 2.24) is 17.5 Å². The van der Waals surface area contributed by atoms with Crippen molar-refractivity contribution in [2.75, 3.05) is 0 Å². The fourth-order valence-electron chi connectivity index (χ4n) is 2.49. The standard InChI is InChI=1S/C12H4N6O4S2/c19-17(20)8-4-7-11(16-24-14-7)9(12(8)18(21)22)5-2-1-3-6-10(5)15-23-13-6/h1-4H. The zero-order valence-electron chi connectivity index (χ0n) is 11.4. The summed E-state index contributed by atoms with van der Waals surface area (Å²) in [5.74, 6) is 0. The van der Waals surface area contributed by atoms with Crippen LogP contribution >= 0.6 is 23.5 Å². The molecule has 0 saturated carbocycles. The van der Waals surface area contributed by atoms with E-state index >= 15 is 0 Å². The molecule has 0 aliphatic carbocycles. The lowest BCUT2D eigenvalue weighted by molar-refractivity contribution is -0.421. The largest absolute Gasteiger partial charge is 0.356 e. The Morgan fingerprint density at radius 1 is 0.875 bits per heavy atom. The van der Waals surface area contributed by atoms with Gasteiger partial charge in [-0.1, -0.05) is 12.1 Å². The van der Waals surface area contributed by atoms with Gasteiger partial charge in [0.15, 0.2) is 0 Å². The third kappa shape index (κ3) is 2.00. The van der Waals surface area contributed by atoms with E-state index < -0.39 is 21.2 Å². The number of aromatic nitrogens is 4. The van der Waals surface area contributed by atoms with Gasteiger partial charge in [-0.15, -0.1) is 0 Å². The molecule has 0 aliphatic rings. The van der Waals surface area contributed by atoms with Crippen LogP contribution in [0.4, 0.5) is 11.4 Å². The van der Waals surface area contributed by atoms with Crippen LogP contribution in [0.5, 0.6) is 0 Å². The summed E-state index contributed by atoms with van der Waals surface area (Å²) in [5, 5.41) is 22.9. The predicted octanol–water partition coefficient (Wildman–Crippen LogP) is 3.18. The molecule has 0 amide bonds. The van der Waals surface area contributed by atoms with Gasteiger partial charge in [-0.25, -0.2) is 0 Å². The third-order valence-corrected chi connectivity index (χ3v) is 4.52. The molecule has 12 heteroatoms. The van der Waals surface area contributed by atoms with Crippen LogP contribution < -0.4 is 0 Å². The van der Waals surface area contributed by atoms with E-state index in [9.17, 15) is 20.2 Å². The fraction of sp³-hybridized carbons (Fsp3) is 0. The highest BCUT2D eigenvalue weighted by Gasteiger charge is 2.34. The Morgan fingerprint density at radius 3 is 2.29 bits per heavy atom. The van der Waals surface area contributed by atoms with Crippen LogP contribution in [0.15, 0.2) is 24.3 Å². The summed E-state index contributed by atoms with van der Waals surface area (Å²) in [5.41, 5.74) is 0.599. The van der Waals surface area contributed by atoms with Crippen LogP contribution in [0.1, 0.15) is 0 Å². The Balaban J connectivity index is 2.23. The third-order valence-electron chi connectivity index (χ3n) is 3.44. The first-order chi connectivity index (χ1) is 11.6. The van der Waals surface area contributed by atoms with Gasteiger partial charge in [0, 0.05) is 5.56 Å². The summed E-state index contributed by atoms with van der Waals surface area (Å²) in [6.07, 6.45) is 0. The average molecular weight is 360 g/mol. The molecule has 10 nitrogen and oxygen atoms in total. The van der Waals surface area contributed by atoms with Crippen molar-refractivity contribution >= 4 is 56.9 Å². The van der Waals surface area contributed by atoms with Crippen LogP contribution in [0.3, 0.4) is 0 Å². The van der Waals surface area contributed by atoms with Crippen LogP contribution in [0.25, 0.3) is 33.2 Å². The molecular weight excluding hydrogens is 356 g/mol. The zero-order chi connectivity index (χ0) is 16.8. The number of hydrogen-bond acceptors (Lipinski definition) is 10. The Morgan fingerprint density at radius 2 is 1.58 bits per heavy atom. The lowest BCUT2D eigenvalue weighted by Crippen LogP contribution is -2.00. The minimum atomic E-state index is -0.792. The molecule has 0 N–H and O–H groups in total. The maximum atomic E-state index is 11.6. The Hall–Kier alpha value is -3.12. The first-order valence-corrected chi connectivity index (χ1v) is 7.83. The normalized spacial score (nSPS) is 11.2. The highest BCUT2D eigenvalue weighted by Crippen LogP contribution is 2.44. The topological polar surface area (TPSA) is 138 Å². The lowest BCUT2D eigenvalue weighted by Gasteiger charge is -2.05. The van der Waals surface area contributed by atoms with Gasteiger partial charge >= 0.3 is 11.4 Å². The second-order valence-electron chi connectivity index (χ2n) is 4.70. The monoisotopic (exact) mass is 360 g/mol. The van der Waals surface area contributed by atoms with Gasteiger partial charge < -0.3 is 0 Å². The Labute approximate surface area is 140 Å². The van der Waals surface area contributed by atoms with Gasteiger partial charge in [0.2, 0.25) is 0 Å². The second-order valence-corrected chi connectivity index (χ2v) is 5.76. The van der Waals surface area contributed by atoms with Crippen LogP contribution in [0, 0.1) is 20.2 Å². The molecule has 0 saturated heterocycles. The van der Waals surface area contributed by atoms with Crippen LogP contribution in [-0.4, -0.2) is 27.3 Å². The van der Waals surface area contributed by atoms with E-state index in [4.69, 9.17) is 0 Å². The summed E-state index contributed by atoms with van der Waals surface area (Å²) in [6.45, 7) is 0. The molecule has 0 unspecified atom stereocenters. The van der Waals surface area contributed by atoms with Crippen molar-refractivity contribution in [3.8, 4) is 11.1 Å². The van der Waals surface area contributed by atoms with Gasteiger partial charge in [0.1, 0.15) is 22.1 Å². The molecule has 2 heterocycles. The molecule has 0 fully saturated rings. The summed E-state index contributed by atoms with van der Waals surface area (Å²) in [4.78, 5) is 21.3. The van der Waals surface area contributed by atoms with Gasteiger partial charge in [-0.3, -0.25) is 20.2 Å². The number of benzene rings is 2. The average Bonchev–Trinajstić information content (AvgIpc) is 3.20. The zero-order valence-corrected chi connectivity index (χ0v) is 13.1. The first kappa shape index (κ1) is 14.5. The molecule has 0 bridgehead atoms. The molecule has 2 aromatic heterocycles. The van der Waals surface area contributed by atoms with E-state index in [1.807, 2.05) is 0 Å². The molecular formula is C12H4N6O4S2. The van der Waals surface area contributed by atoms with E-state index in [2.05, 4.69) is 17.5 Å². The molecule has 0 spiro atoms. The molecule has 0 radical (unpaired) electrons. The maximum Gasteiger partial charge on any atom is 0.356 e. The maximum absolute atomic E-state index is 11.6. The molecule has 4 aromatic rings. The Bertz CT molecular complexity index is 1140. The van der Waals surface area contributed by atoms with Crippen molar-refractivity contribution in [3.05, 3.63) is 44.5 Å². The lowest BCUT2D eigenvalue weighted by atomic mass is 9.99. The molecule has 0 aliphatic heterocycles. The molecule has 118 valence electrons. The number of fused-ring (bicyclic) bond motifs is 2. The van der Waals surface area contributed by atoms with Gasteiger partial charge in [-0.05, 0) is 6.07 Å². The minimum Gasteiger partial charge on any atom is -0.258 e. The van der Waals surface area contributed by atoms with Gasteiger partial charge in [-0.2, -0.15) is 17.5 Å². The van der Waals surface area contributed by atoms with Crippen molar-refractivity contribution in [2.24, 2.45) is 0 Å². The fourth-order valence-corrected chi connectivity index (χ4v) is 3.57. The molecule has 2 aromatic carbocycles. The smallest absolute Gasteiger partial charge is 0.258 e. The molecule has 24 heavy (non-hydrogen) atoms. The highest BCUT2D eigenvalue weighted by molar-refractivity contribution is 7.00. The van der Waals surface area contributed by atoms with E-state index in [1.165, 1.54) is 0 Å². The number of hydrogen-bond donors (Lipinski definition) is 0. The molecule has 0 atom stereocenters. The van der Waals surface area contributed by atoms with Crippen molar-refractivity contribution in [2.45, 2.75) is 0 Å². The van der Waals surface area contributed by atoms with E-state index in [0.717, 1.165) is 29.5 Å². The molecule has 4 rings (SSSR count). The highest BCUT2D eigenvalue weighted by atomic mass is 32.1. The van der Waals surface area contributed by atoms with Crippen LogP contribution in [0.2, 0.25) is 0 Å². The Kier molecular flexibility index (Phi) is 3.14. The van der Waals surface area contributed by atoms with Crippen LogP contribution in [-0.2, 0) is 0 Å². The predicted molar refractivity (Wildman–Crippen MR) is 87.1 cm³/mol. The number of rotatable bonds is 3. The van der Waals surface area contributed by atoms with Gasteiger partial charge in [0.05, 0.1) is 44.9 Å². The minimum absolute atomic E-state index is 0.0382. The quantitative estimate of drug-likeness (QED) is 0.401. The summed E-state index contributed by atoms with van der Waals surface area (Å²) >= 11 is 1.79.